The van der Waals surface area contributed by atoms with E-state index in [1.165, 1.54) is 30.6 Å². The average Bonchev–Trinajstić information content (AvgIpc) is 3.15. The molecule has 0 radical (unpaired) electrons. The molecule has 1 heterocycles. The molecule has 0 fully saturated rings. The van der Waals surface area contributed by atoms with Crippen molar-refractivity contribution >= 4 is 65.7 Å². The molecule has 0 aliphatic rings. The van der Waals surface area contributed by atoms with Crippen LogP contribution in [0.15, 0.2) is 71.6 Å². The number of nitrogens with zero attached hydrogens (tertiary/aromatic N) is 1. The van der Waals surface area contributed by atoms with Gasteiger partial charge in [-0.3, -0.25) is 4.72 Å². The molecule has 8 nitrogen and oxygen atoms in total. The smallest absolute Gasteiger partial charge is 0.323 e. The third kappa shape index (κ3) is 4.93. The summed E-state index contributed by atoms with van der Waals surface area (Å²) in [4.78, 5) is 16.9. The maximum atomic E-state index is 12.5. The molecule has 3 N–H and O–H groups in total. The number of nitrogens with one attached hydrogen (secondary N) is 3. The Labute approximate surface area is 193 Å². The second kappa shape index (κ2) is 9.03. The Morgan fingerprint density at radius 3 is 2.56 bits per heavy atom. The van der Waals surface area contributed by atoms with E-state index in [-0.39, 0.29) is 10.0 Å². The van der Waals surface area contributed by atoms with E-state index < -0.39 is 16.1 Å². The van der Waals surface area contributed by atoms with Crippen LogP contribution in [0.5, 0.6) is 5.75 Å². The summed E-state index contributed by atoms with van der Waals surface area (Å²) < 4.78 is 33.5. The van der Waals surface area contributed by atoms with Gasteiger partial charge in [0.05, 0.1) is 27.9 Å². The Kier molecular flexibility index (Phi) is 6.17. The largest absolute Gasteiger partial charge is 0.495 e. The van der Waals surface area contributed by atoms with E-state index in [0.717, 1.165) is 4.70 Å². The van der Waals surface area contributed by atoms with Crippen molar-refractivity contribution in [2.75, 3.05) is 22.5 Å². The molecule has 0 bridgehead atoms. The van der Waals surface area contributed by atoms with E-state index in [2.05, 4.69) is 20.3 Å². The fourth-order valence-electron chi connectivity index (χ4n) is 2.88. The number of halogens is 1. The van der Waals surface area contributed by atoms with Crippen molar-refractivity contribution in [3.8, 4) is 5.75 Å². The van der Waals surface area contributed by atoms with Crippen molar-refractivity contribution in [3.63, 3.8) is 0 Å². The second-order valence-corrected chi connectivity index (χ2v) is 9.69. The molecule has 0 aliphatic heterocycles. The number of methoxy groups -OCH3 is 1. The molecule has 0 saturated heterocycles. The SMILES string of the molecule is COc1ccc(Cl)cc1NC(=O)Nc1ccc2sc(NS(=O)(=O)c3ccccc3)nc2c1. The molecular weight excluding hydrogens is 472 g/mol. The van der Waals surface area contributed by atoms with Gasteiger partial charge in [0.15, 0.2) is 5.13 Å². The molecule has 4 aromatic rings. The van der Waals surface area contributed by atoms with Gasteiger partial charge in [0.1, 0.15) is 5.75 Å². The highest BCUT2D eigenvalue weighted by Gasteiger charge is 2.16. The number of thiazole rings is 1. The van der Waals surface area contributed by atoms with Crippen LogP contribution in [-0.2, 0) is 10.0 Å². The Morgan fingerprint density at radius 2 is 1.81 bits per heavy atom. The molecule has 4 rings (SSSR count). The summed E-state index contributed by atoms with van der Waals surface area (Å²) in [6.45, 7) is 0. The number of carbonyl (C=O) groups is 1. The second-order valence-electron chi connectivity index (χ2n) is 6.54. The van der Waals surface area contributed by atoms with E-state index in [9.17, 15) is 13.2 Å². The molecular formula is C21H17ClN4O4S2. The first-order valence-corrected chi connectivity index (χ1v) is 11.9. The molecule has 3 aromatic carbocycles. The summed E-state index contributed by atoms with van der Waals surface area (Å²) in [5, 5.41) is 6.08. The first kappa shape index (κ1) is 21.9. The molecule has 11 heteroatoms. The first-order valence-electron chi connectivity index (χ1n) is 9.24. The van der Waals surface area contributed by atoms with E-state index in [0.29, 0.717) is 27.7 Å². The number of rotatable bonds is 6. The van der Waals surface area contributed by atoms with Gasteiger partial charge in [0, 0.05) is 10.7 Å². The van der Waals surface area contributed by atoms with Gasteiger partial charge in [-0.2, -0.15) is 0 Å². The number of ether oxygens (including phenoxy) is 1. The van der Waals surface area contributed by atoms with Crippen LogP contribution >= 0.6 is 22.9 Å². The number of hydrogen-bond donors (Lipinski definition) is 3. The summed E-state index contributed by atoms with van der Waals surface area (Å²) in [5.41, 5.74) is 1.45. The molecule has 164 valence electrons. The normalized spacial score (nSPS) is 11.2. The van der Waals surface area contributed by atoms with Gasteiger partial charge in [-0.25, -0.2) is 18.2 Å². The van der Waals surface area contributed by atoms with Crippen LogP contribution in [0.4, 0.5) is 21.3 Å². The van der Waals surface area contributed by atoms with E-state index >= 15 is 0 Å². The fraction of sp³-hybridized carbons (Fsp3) is 0.0476. The zero-order chi connectivity index (χ0) is 22.7. The summed E-state index contributed by atoms with van der Waals surface area (Å²) >= 11 is 7.18. The van der Waals surface area contributed by atoms with Crippen LogP contribution in [0.25, 0.3) is 10.2 Å². The predicted molar refractivity (Wildman–Crippen MR) is 128 cm³/mol. The average molecular weight is 489 g/mol. The van der Waals surface area contributed by atoms with Crippen LogP contribution in [0, 0.1) is 0 Å². The number of amides is 2. The predicted octanol–water partition coefficient (Wildman–Crippen LogP) is 5.40. The molecule has 0 aliphatic carbocycles. The van der Waals surface area contributed by atoms with Crippen molar-refractivity contribution in [1.29, 1.82) is 0 Å². The van der Waals surface area contributed by atoms with Gasteiger partial charge < -0.3 is 15.4 Å². The van der Waals surface area contributed by atoms with Gasteiger partial charge in [-0.15, -0.1) is 0 Å². The van der Waals surface area contributed by atoms with Crippen molar-refractivity contribution in [3.05, 3.63) is 71.8 Å². The first-order chi connectivity index (χ1) is 15.3. The lowest BCUT2D eigenvalue weighted by molar-refractivity contribution is 0.262. The van der Waals surface area contributed by atoms with Crippen LogP contribution < -0.4 is 20.1 Å². The molecule has 0 atom stereocenters. The van der Waals surface area contributed by atoms with Gasteiger partial charge >= 0.3 is 6.03 Å². The lowest BCUT2D eigenvalue weighted by Crippen LogP contribution is -2.19. The monoisotopic (exact) mass is 488 g/mol. The number of benzene rings is 3. The van der Waals surface area contributed by atoms with Crippen molar-refractivity contribution < 1.29 is 17.9 Å². The quantitative estimate of drug-likeness (QED) is 0.336. The molecule has 1 aromatic heterocycles. The molecule has 2 amide bonds. The highest BCUT2D eigenvalue weighted by Crippen LogP contribution is 2.30. The minimum atomic E-state index is -3.74. The maximum absolute atomic E-state index is 12.5. The number of hydrogen-bond acceptors (Lipinski definition) is 6. The van der Waals surface area contributed by atoms with E-state index in [1.807, 2.05) is 0 Å². The number of sulfonamides is 1. The summed E-state index contributed by atoms with van der Waals surface area (Å²) in [6, 6.07) is 17.5. The van der Waals surface area contributed by atoms with Crippen LogP contribution in [0.2, 0.25) is 5.02 Å². The number of anilines is 3. The van der Waals surface area contributed by atoms with Crippen molar-refractivity contribution in [2.45, 2.75) is 4.90 Å². The van der Waals surface area contributed by atoms with Crippen LogP contribution in [-0.4, -0.2) is 26.5 Å². The lowest BCUT2D eigenvalue weighted by Gasteiger charge is -2.11. The zero-order valence-electron chi connectivity index (χ0n) is 16.6. The molecule has 32 heavy (non-hydrogen) atoms. The lowest BCUT2D eigenvalue weighted by atomic mass is 10.3. The Balaban J connectivity index is 1.50. The Morgan fingerprint density at radius 1 is 1.03 bits per heavy atom. The standard InChI is InChI=1S/C21H17ClN4O4S2/c1-30-18-9-7-13(22)11-16(18)24-20(27)23-14-8-10-19-17(12-14)25-21(31-19)26-32(28,29)15-5-3-2-4-6-15/h2-12H,1H3,(H,25,26)(H2,23,24,27). The van der Waals surface area contributed by atoms with Crippen molar-refractivity contribution in [1.82, 2.24) is 4.98 Å². The Bertz CT molecular complexity index is 1390. The van der Waals surface area contributed by atoms with Gasteiger partial charge in [-0.1, -0.05) is 41.1 Å². The minimum Gasteiger partial charge on any atom is -0.495 e. The summed E-state index contributed by atoms with van der Waals surface area (Å²) in [5.74, 6) is 0.467. The summed E-state index contributed by atoms with van der Waals surface area (Å²) in [7, 11) is -2.25. The summed E-state index contributed by atoms with van der Waals surface area (Å²) in [6.07, 6.45) is 0. The number of fused-ring (bicyclic) bond motifs is 1. The number of carbonyl (C=O) groups excluding carboxylic acids is 1. The van der Waals surface area contributed by atoms with Gasteiger partial charge in [-0.05, 0) is 48.5 Å². The molecule has 0 saturated carbocycles. The third-order valence-corrected chi connectivity index (χ3v) is 7.00. The minimum absolute atomic E-state index is 0.148. The zero-order valence-corrected chi connectivity index (χ0v) is 19.0. The number of aromatic nitrogens is 1. The third-order valence-electron chi connectivity index (χ3n) is 4.33. The Hall–Kier alpha value is -3.34. The maximum Gasteiger partial charge on any atom is 0.323 e. The molecule has 0 unspecified atom stereocenters. The number of urea groups is 1. The van der Waals surface area contributed by atoms with Crippen molar-refractivity contribution in [2.24, 2.45) is 0 Å². The van der Waals surface area contributed by atoms with E-state index in [4.69, 9.17) is 16.3 Å². The van der Waals surface area contributed by atoms with E-state index in [1.54, 1.807) is 54.6 Å². The van der Waals surface area contributed by atoms with Crippen LogP contribution in [0.1, 0.15) is 0 Å². The highest BCUT2D eigenvalue weighted by atomic mass is 35.5. The topological polar surface area (TPSA) is 109 Å². The van der Waals surface area contributed by atoms with Gasteiger partial charge in [0.2, 0.25) is 0 Å². The van der Waals surface area contributed by atoms with Crippen LogP contribution in [0.3, 0.4) is 0 Å². The van der Waals surface area contributed by atoms with Gasteiger partial charge in [0.25, 0.3) is 10.0 Å². The highest BCUT2D eigenvalue weighted by molar-refractivity contribution is 7.93. The fourth-order valence-corrected chi connectivity index (χ4v) is 5.16. The molecule has 0 spiro atoms.